The molecule has 1 N–H and O–H groups in total. The normalized spacial score (nSPS) is 11.3. The summed E-state index contributed by atoms with van der Waals surface area (Å²) in [7, 11) is 2.86. The van der Waals surface area contributed by atoms with Crippen LogP contribution in [0.25, 0.3) is 0 Å². The molecular formula is C24H23NO5. The molecule has 0 aliphatic carbocycles. The van der Waals surface area contributed by atoms with E-state index >= 15 is 0 Å². The summed E-state index contributed by atoms with van der Waals surface area (Å²) in [6.45, 7) is 1.93. The number of carbonyl (C=O) groups excluding carboxylic acids is 2. The van der Waals surface area contributed by atoms with Crippen molar-refractivity contribution in [3.05, 3.63) is 89.5 Å². The monoisotopic (exact) mass is 405 g/mol. The molecule has 0 radical (unpaired) electrons. The van der Waals surface area contributed by atoms with Crippen molar-refractivity contribution in [3.8, 4) is 11.5 Å². The lowest BCUT2D eigenvalue weighted by Crippen LogP contribution is -2.26. The van der Waals surface area contributed by atoms with Crippen molar-refractivity contribution in [3.63, 3.8) is 0 Å². The van der Waals surface area contributed by atoms with Crippen LogP contribution in [0.5, 0.6) is 11.5 Å². The average molecular weight is 405 g/mol. The molecule has 0 aromatic heterocycles. The smallest absolute Gasteiger partial charge is 0.337 e. The summed E-state index contributed by atoms with van der Waals surface area (Å²) < 4.78 is 16.1. The van der Waals surface area contributed by atoms with E-state index in [1.54, 1.807) is 37.4 Å². The molecule has 0 saturated heterocycles. The minimum absolute atomic E-state index is 0.336. The molecule has 3 aromatic carbocycles. The Hall–Kier alpha value is -3.80. The molecule has 6 nitrogen and oxygen atoms in total. The Morgan fingerprint density at radius 3 is 2.37 bits per heavy atom. The van der Waals surface area contributed by atoms with Gasteiger partial charge < -0.3 is 19.5 Å². The first kappa shape index (κ1) is 20.9. The van der Waals surface area contributed by atoms with Gasteiger partial charge in [-0.1, -0.05) is 42.5 Å². The maximum Gasteiger partial charge on any atom is 0.337 e. The third-order valence-electron chi connectivity index (χ3n) is 4.46. The van der Waals surface area contributed by atoms with Crippen molar-refractivity contribution in [1.29, 1.82) is 0 Å². The standard InChI is InChI=1S/C24H23NO5/c1-16-12-13-21(28-2)20(14-16)25-23(26)22(17-8-5-4-6-9-17)30-19-11-7-10-18(15-19)24(27)29-3/h4-15,22H,1-3H3,(H,25,26)/t22-/m0/s1. The van der Waals surface area contributed by atoms with Gasteiger partial charge in [-0.2, -0.15) is 0 Å². The first-order valence-electron chi connectivity index (χ1n) is 9.37. The highest BCUT2D eigenvalue weighted by Crippen LogP contribution is 2.29. The van der Waals surface area contributed by atoms with Crippen molar-refractivity contribution < 1.29 is 23.8 Å². The van der Waals surface area contributed by atoms with Gasteiger partial charge in [-0.05, 0) is 42.8 Å². The molecular weight excluding hydrogens is 382 g/mol. The van der Waals surface area contributed by atoms with Crippen molar-refractivity contribution >= 4 is 17.6 Å². The summed E-state index contributed by atoms with van der Waals surface area (Å²) in [5.74, 6) is 0.0748. The van der Waals surface area contributed by atoms with Gasteiger partial charge in [-0.25, -0.2) is 4.79 Å². The van der Waals surface area contributed by atoms with Gasteiger partial charge in [0.25, 0.3) is 5.91 Å². The van der Waals surface area contributed by atoms with Gasteiger partial charge >= 0.3 is 5.97 Å². The van der Waals surface area contributed by atoms with Crippen LogP contribution in [0.2, 0.25) is 0 Å². The van der Waals surface area contributed by atoms with E-state index in [1.165, 1.54) is 7.11 Å². The number of hydrogen-bond donors (Lipinski definition) is 1. The molecule has 3 aromatic rings. The topological polar surface area (TPSA) is 73.9 Å². The predicted octanol–water partition coefficient (Wildman–Crippen LogP) is 4.55. The van der Waals surface area contributed by atoms with E-state index < -0.39 is 12.1 Å². The number of nitrogens with one attached hydrogen (secondary N) is 1. The minimum Gasteiger partial charge on any atom is -0.495 e. The SMILES string of the molecule is COC(=O)c1cccc(O[C@H](C(=O)Nc2cc(C)ccc2OC)c2ccccc2)c1. The fourth-order valence-corrected chi connectivity index (χ4v) is 2.97. The minimum atomic E-state index is -0.940. The number of hydrogen-bond acceptors (Lipinski definition) is 5. The molecule has 0 unspecified atom stereocenters. The fourth-order valence-electron chi connectivity index (χ4n) is 2.97. The summed E-state index contributed by atoms with van der Waals surface area (Å²) in [6, 6.07) is 21.2. The zero-order valence-electron chi connectivity index (χ0n) is 17.0. The fraction of sp³-hybridized carbons (Fsp3) is 0.167. The number of ether oxygens (including phenoxy) is 3. The van der Waals surface area contributed by atoms with Gasteiger partial charge in [-0.3, -0.25) is 4.79 Å². The number of carbonyl (C=O) groups is 2. The molecule has 0 spiro atoms. The van der Waals surface area contributed by atoms with E-state index in [2.05, 4.69) is 5.32 Å². The predicted molar refractivity (Wildman–Crippen MR) is 114 cm³/mol. The highest BCUT2D eigenvalue weighted by Gasteiger charge is 2.24. The zero-order chi connectivity index (χ0) is 21.5. The molecule has 154 valence electrons. The van der Waals surface area contributed by atoms with Gasteiger partial charge in [0.2, 0.25) is 6.10 Å². The molecule has 0 saturated carbocycles. The van der Waals surface area contributed by atoms with Crippen LogP contribution in [-0.4, -0.2) is 26.1 Å². The van der Waals surface area contributed by atoms with Crippen LogP contribution in [0.15, 0.2) is 72.8 Å². The Morgan fingerprint density at radius 2 is 1.67 bits per heavy atom. The molecule has 0 bridgehead atoms. The average Bonchev–Trinajstić information content (AvgIpc) is 2.77. The number of rotatable bonds is 7. The summed E-state index contributed by atoms with van der Waals surface area (Å²) in [4.78, 5) is 25.0. The molecule has 0 fully saturated rings. The Bertz CT molecular complexity index is 1030. The van der Waals surface area contributed by atoms with Crippen LogP contribution in [0.1, 0.15) is 27.6 Å². The highest BCUT2D eigenvalue weighted by molar-refractivity contribution is 5.96. The first-order chi connectivity index (χ1) is 14.5. The van der Waals surface area contributed by atoms with Crippen molar-refractivity contribution in [2.75, 3.05) is 19.5 Å². The number of amides is 1. The van der Waals surface area contributed by atoms with Gasteiger partial charge in [0.15, 0.2) is 0 Å². The largest absolute Gasteiger partial charge is 0.495 e. The highest BCUT2D eigenvalue weighted by atomic mass is 16.5. The molecule has 30 heavy (non-hydrogen) atoms. The van der Waals surface area contributed by atoms with Crippen LogP contribution >= 0.6 is 0 Å². The number of anilines is 1. The first-order valence-corrected chi connectivity index (χ1v) is 9.37. The quantitative estimate of drug-likeness (QED) is 0.584. The summed E-state index contributed by atoms with van der Waals surface area (Å²) in [5.41, 5.74) is 2.54. The second-order valence-electron chi connectivity index (χ2n) is 6.62. The van der Waals surface area contributed by atoms with Crippen LogP contribution < -0.4 is 14.8 Å². The molecule has 1 amide bonds. The van der Waals surface area contributed by atoms with E-state index in [9.17, 15) is 9.59 Å². The lowest BCUT2D eigenvalue weighted by Gasteiger charge is -2.20. The van der Waals surface area contributed by atoms with Crippen molar-refractivity contribution in [1.82, 2.24) is 0 Å². The maximum atomic E-state index is 13.2. The van der Waals surface area contributed by atoms with Crippen LogP contribution in [-0.2, 0) is 9.53 Å². The number of methoxy groups -OCH3 is 2. The summed E-state index contributed by atoms with van der Waals surface area (Å²) in [6.07, 6.45) is -0.940. The second-order valence-corrected chi connectivity index (χ2v) is 6.62. The third-order valence-corrected chi connectivity index (χ3v) is 4.46. The number of aryl methyl sites for hydroxylation is 1. The Morgan fingerprint density at radius 1 is 0.900 bits per heavy atom. The Kier molecular flexibility index (Phi) is 6.70. The molecule has 0 heterocycles. The summed E-state index contributed by atoms with van der Waals surface area (Å²) >= 11 is 0. The van der Waals surface area contributed by atoms with Gasteiger partial charge in [-0.15, -0.1) is 0 Å². The van der Waals surface area contributed by atoms with Crippen molar-refractivity contribution in [2.45, 2.75) is 13.0 Å². The lowest BCUT2D eigenvalue weighted by atomic mass is 10.1. The third kappa shape index (κ3) is 4.97. The molecule has 3 rings (SSSR count). The molecule has 1 atom stereocenters. The van der Waals surface area contributed by atoms with Gasteiger partial charge in [0, 0.05) is 5.56 Å². The van der Waals surface area contributed by atoms with Gasteiger partial charge in [0.05, 0.1) is 25.5 Å². The van der Waals surface area contributed by atoms with E-state index in [1.807, 2.05) is 49.4 Å². The van der Waals surface area contributed by atoms with E-state index in [-0.39, 0.29) is 5.91 Å². The van der Waals surface area contributed by atoms with Crippen LogP contribution in [0, 0.1) is 6.92 Å². The number of benzene rings is 3. The van der Waals surface area contributed by atoms with E-state index in [0.29, 0.717) is 28.3 Å². The summed E-state index contributed by atoms with van der Waals surface area (Å²) in [5, 5.41) is 2.89. The Labute approximate surface area is 175 Å². The second kappa shape index (κ2) is 9.60. The van der Waals surface area contributed by atoms with Crippen molar-refractivity contribution in [2.24, 2.45) is 0 Å². The Balaban J connectivity index is 1.91. The molecule has 6 heteroatoms. The van der Waals surface area contributed by atoms with Crippen LogP contribution in [0.3, 0.4) is 0 Å². The van der Waals surface area contributed by atoms with Gasteiger partial charge in [0.1, 0.15) is 11.5 Å². The number of esters is 1. The van der Waals surface area contributed by atoms with E-state index in [0.717, 1.165) is 5.56 Å². The lowest BCUT2D eigenvalue weighted by molar-refractivity contribution is -0.123. The molecule has 0 aliphatic rings. The van der Waals surface area contributed by atoms with E-state index in [4.69, 9.17) is 14.2 Å². The molecule has 0 aliphatic heterocycles. The zero-order valence-corrected chi connectivity index (χ0v) is 17.0. The van der Waals surface area contributed by atoms with Crippen LogP contribution in [0.4, 0.5) is 5.69 Å². The maximum absolute atomic E-state index is 13.2.